The van der Waals surface area contributed by atoms with Crippen LogP contribution in [0, 0.1) is 0 Å². The van der Waals surface area contributed by atoms with E-state index in [0.29, 0.717) is 27.0 Å². The molecule has 0 spiro atoms. The van der Waals surface area contributed by atoms with Gasteiger partial charge in [0, 0.05) is 6.07 Å². The van der Waals surface area contributed by atoms with Crippen LogP contribution in [0.2, 0.25) is 10.3 Å². The maximum absolute atomic E-state index is 5.89. The van der Waals surface area contributed by atoms with E-state index < -0.39 is 0 Å². The van der Waals surface area contributed by atoms with Crippen molar-refractivity contribution in [1.82, 2.24) is 19.9 Å². The smallest absolute Gasteiger partial charge is 0.191 e. The Kier molecular flexibility index (Phi) is 4.67. The van der Waals surface area contributed by atoms with E-state index in [2.05, 4.69) is 35.9 Å². The molecule has 0 aromatic carbocycles. The molecule has 0 unspecified atom stereocenters. The predicted molar refractivity (Wildman–Crippen MR) is 80.2 cm³/mol. The van der Waals surface area contributed by atoms with E-state index in [1.807, 2.05) is 0 Å². The molecule has 0 aliphatic heterocycles. The van der Waals surface area contributed by atoms with Crippen molar-refractivity contribution >= 4 is 62.5 Å². The highest BCUT2D eigenvalue weighted by molar-refractivity contribution is 9.10. The Morgan fingerprint density at radius 3 is 2.53 bits per heavy atom. The van der Waals surface area contributed by atoms with Gasteiger partial charge in [-0.1, -0.05) is 35.0 Å². The third-order valence-electron chi connectivity index (χ3n) is 1.91. The Morgan fingerprint density at radius 1 is 1.16 bits per heavy atom. The van der Waals surface area contributed by atoms with Gasteiger partial charge in [-0.05, 0) is 15.9 Å². The minimum absolute atomic E-state index is 0.251. The Hall–Kier alpha value is -0.830. The molecule has 0 aliphatic rings. The van der Waals surface area contributed by atoms with Crippen LogP contribution >= 0.6 is 50.9 Å². The van der Waals surface area contributed by atoms with E-state index in [0.717, 1.165) is 0 Å². The SMILES string of the molecule is Nc1cc(Cl)nc(CSc2nc(N)c(Br)c(Cl)n2)n1. The third-order valence-corrected chi connectivity index (χ3v) is 4.23. The molecule has 100 valence electrons. The molecule has 4 N–H and O–H groups in total. The molecule has 2 heterocycles. The van der Waals surface area contributed by atoms with Crippen molar-refractivity contribution in [3.05, 3.63) is 26.7 Å². The number of anilines is 2. The summed E-state index contributed by atoms with van der Waals surface area (Å²) in [4.78, 5) is 16.2. The molecule has 6 nitrogen and oxygen atoms in total. The number of nitrogens with zero attached hydrogens (tertiary/aromatic N) is 4. The minimum atomic E-state index is 0.251. The van der Waals surface area contributed by atoms with Crippen molar-refractivity contribution in [1.29, 1.82) is 0 Å². The zero-order valence-electron chi connectivity index (χ0n) is 9.27. The van der Waals surface area contributed by atoms with E-state index >= 15 is 0 Å². The summed E-state index contributed by atoms with van der Waals surface area (Å²) in [5.41, 5.74) is 11.2. The average molecular weight is 382 g/mol. The first-order valence-corrected chi connectivity index (χ1v) is 7.39. The van der Waals surface area contributed by atoms with Crippen molar-refractivity contribution < 1.29 is 0 Å². The zero-order chi connectivity index (χ0) is 14.0. The van der Waals surface area contributed by atoms with Crippen LogP contribution in [0.3, 0.4) is 0 Å². The first-order chi connectivity index (χ1) is 8.95. The van der Waals surface area contributed by atoms with Gasteiger partial charge in [0.25, 0.3) is 0 Å². The second-order valence-electron chi connectivity index (χ2n) is 3.32. The van der Waals surface area contributed by atoms with Gasteiger partial charge in [-0.3, -0.25) is 0 Å². The first-order valence-electron chi connectivity index (χ1n) is 4.86. The highest BCUT2D eigenvalue weighted by Gasteiger charge is 2.10. The summed E-state index contributed by atoms with van der Waals surface area (Å²) in [6, 6.07) is 1.47. The quantitative estimate of drug-likeness (QED) is 0.478. The molecule has 2 rings (SSSR count). The molecule has 0 fully saturated rings. The fraction of sp³-hybridized carbons (Fsp3) is 0.111. The first kappa shape index (κ1) is 14.6. The summed E-state index contributed by atoms with van der Waals surface area (Å²) in [6.45, 7) is 0. The van der Waals surface area contributed by atoms with Crippen LogP contribution in [0.1, 0.15) is 5.82 Å². The number of nitrogen functional groups attached to an aromatic ring is 2. The summed E-state index contributed by atoms with van der Waals surface area (Å²) >= 11 is 16.1. The lowest BCUT2D eigenvalue weighted by molar-refractivity contribution is 0.960. The Bertz CT molecular complexity index is 582. The van der Waals surface area contributed by atoms with Gasteiger partial charge in [0.15, 0.2) is 5.16 Å². The zero-order valence-corrected chi connectivity index (χ0v) is 13.2. The van der Waals surface area contributed by atoms with Gasteiger partial charge in [0.2, 0.25) is 0 Å². The number of hydrogen-bond acceptors (Lipinski definition) is 7. The molecule has 0 aliphatic carbocycles. The molecule has 2 aromatic heterocycles. The third kappa shape index (κ3) is 3.82. The number of hydrogen-bond donors (Lipinski definition) is 2. The summed E-state index contributed by atoms with van der Waals surface area (Å²) in [7, 11) is 0. The number of thioether (sulfide) groups is 1. The molecule has 0 saturated carbocycles. The van der Waals surface area contributed by atoms with Gasteiger partial charge in [0.05, 0.1) is 10.2 Å². The van der Waals surface area contributed by atoms with E-state index in [4.69, 9.17) is 34.7 Å². The van der Waals surface area contributed by atoms with E-state index in [-0.39, 0.29) is 16.1 Å². The van der Waals surface area contributed by atoms with Crippen molar-refractivity contribution in [2.45, 2.75) is 10.9 Å². The van der Waals surface area contributed by atoms with Gasteiger partial charge >= 0.3 is 0 Å². The number of aromatic nitrogens is 4. The largest absolute Gasteiger partial charge is 0.384 e. The lowest BCUT2D eigenvalue weighted by Gasteiger charge is -2.04. The number of nitrogens with two attached hydrogens (primary N) is 2. The normalized spacial score (nSPS) is 10.7. The predicted octanol–water partition coefficient (Wildman–Crippen LogP) is 2.79. The van der Waals surface area contributed by atoms with Crippen molar-refractivity contribution in [2.75, 3.05) is 11.5 Å². The molecule has 0 bridgehead atoms. The second-order valence-corrected chi connectivity index (χ2v) is 5.80. The van der Waals surface area contributed by atoms with Gasteiger partial charge < -0.3 is 11.5 Å². The monoisotopic (exact) mass is 380 g/mol. The highest BCUT2D eigenvalue weighted by Crippen LogP contribution is 2.29. The van der Waals surface area contributed by atoms with Crippen molar-refractivity contribution in [2.24, 2.45) is 0 Å². The average Bonchev–Trinajstić information content (AvgIpc) is 2.32. The second kappa shape index (κ2) is 6.08. The van der Waals surface area contributed by atoms with Crippen LogP contribution in [0.4, 0.5) is 11.6 Å². The van der Waals surface area contributed by atoms with Gasteiger partial charge in [-0.25, -0.2) is 19.9 Å². The van der Waals surface area contributed by atoms with E-state index in [1.54, 1.807) is 0 Å². The molecule has 0 atom stereocenters. The molecule has 0 radical (unpaired) electrons. The summed E-state index contributed by atoms with van der Waals surface area (Å²) in [5, 5.41) is 0.965. The minimum Gasteiger partial charge on any atom is -0.384 e. The standard InChI is InChI=1S/C9H7BrCl2N6S/c10-6-7(12)17-9(18-8(6)14)19-2-5-15-3(11)1-4(13)16-5/h1H,2H2,(H2,13,15,16)(H2,14,17,18). The lowest BCUT2D eigenvalue weighted by atomic mass is 10.5. The molecular weight excluding hydrogens is 375 g/mol. The van der Waals surface area contributed by atoms with Crippen LogP contribution in [0.5, 0.6) is 0 Å². The van der Waals surface area contributed by atoms with Crippen LogP contribution in [0.15, 0.2) is 15.7 Å². The van der Waals surface area contributed by atoms with E-state index in [9.17, 15) is 0 Å². The number of rotatable bonds is 3. The highest BCUT2D eigenvalue weighted by atomic mass is 79.9. The molecular formula is C9H7BrCl2N6S. The molecule has 10 heteroatoms. The summed E-state index contributed by atoms with van der Waals surface area (Å²) < 4.78 is 0.474. The maximum atomic E-state index is 5.89. The van der Waals surface area contributed by atoms with Crippen molar-refractivity contribution in [3.8, 4) is 0 Å². The maximum Gasteiger partial charge on any atom is 0.191 e. The summed E-state index contributed by atoms with van der Waals surface area (Å²) in [5.74, 6) is 1.47. The molecule has 2 aromatic rings. The fourth-order valence-corrected chi connectivity index (χ4v) is 2.48. The van der Waals surface area contributed by atoms with E-state index in [1.165, 1.54) is 17.8 Å². The lowest BCUT2D eigenvalue weighted by Crippen LogP contribution is -2.00. The Morgan fingerprint density at radius 2 is 1.89 bits per heavy atom. The summed E-state index contributed by atoms with van der Waals surface area (Å²) in [6.07, 6.45) is 0. The van der Waals surface area contributed by atoms with Crippen LogP contribution in [-0.2, 0) is 5.75 Å². The Balaban J connectivity index is 2.14. The fourth-order valence-electron chi connectivity index (χ4n) is 1.16. The van der Waals surface area contributed by atoms with Gasteiger partial charge in [-0.2, -0.15) is 0 Å². The van der Waals surface area contributed by atoms with Gasteiger partial charge in [0.1, 0.15) is 27.8 Å². The topological polar surface area (TPSA) is 104 Å². The number of halogens is 3. The Labute approximate surface area is 131 Å². The van der Waals surface area contributed by atoms with Crippen LogP contribution in [0.25, 0.3) is 0 Å². The molecule has 0 amide bonds. The molecule has 0 saturated heterocycles. The van der Waals surface area contributed by atoms with Gasteiger partial charge in [-0.15, -0.1) is 0 Å². The molecule has 19 heavy (non-hydrogen) atoms. The van der Waals surface area contributed by atoms with Crippen LogP contribution in [-0.4, -0.2) is 19.9 Å². The van der Waals surface area contributed by atoms with Crippen molar-refractivity contribution in [3.63, 3.8) is 0 Å². The van der Waals surface area contributed by atoms with Crippen LogP contribution < -0.4 is 11.5 Å².